The highest BCUT2D eigenvalue weighted by atomic mass is 32.1. The van der Waals surface area contributed by atoms with E-state index in [1.54, 1.807) is 17.6 Å². The van der Waals surface area contributed by atoms with Crippen molar-refractivity contribution in [1.29, 1.82) is 0 Å². The number of nitrogens with zero attached hydrogens (tertiary/aromatic N) is 1. The molecule has 1 amide bonds. The zero-order valence-corrected chi connectivity index (χ0v) is 10.9. The topological polar surface area (TPSA) is 33.5 Å². The van der Waals surface area contributed by atoms with Crippen LogP contribution < -0.4 is 0 Å². The van der Waals surface area contributed by atoms with Gasteiger partial charge in [0.2, 0.25) is 5.91 Å². The predicted octanol–water partition coefficient (Wildman–Crippen LogP) is 3.25. The summed E-state index contributed by atoms with van der Waals surface area (Å²) in [6, 6.07) is 7.98. The number of carbonyl (C=O) groups is 1. The third kappa shape index (κ3) is 2.20. The van der Waals surface area contributed by atoms with E-state index in [9.17, 15) is 4.79 Å². The van der Waals surface area contributed by atoms with Crippen LogP contribution in [0.2, 0.25) is 0 Å². The fraction of sp³-hybridized carbons (Fsp3) is 0.357. The van der Waals surface area contributed by atoms with Crippen LogP contribution in [0.25, 0.3) is 0 Å². The summed E-state index contributed by atoms with van der Waals surface area (Å²) < 4.78 is 5.44. The Kier molecular flexibility index (Phi) is 3.19. The molecule has 0 N–H and O–H groups in total. The highest BCUT2D eigenvalue weighted by Gasteiger charge is 2.31. The second-order valence-corrected chi connectivity index (χ2v) is 5.55. The van der Waals surface area contributed by atoms with Crippen LogP contribution in [0, 0.1) is 0 Å². The molecule has 0 aliphatic carbocycles. The molecule has 2 aromatic heterocycles. The van der Waals surface area contributed by atoms with Gasteiger partial charge in [-0.1, -0.05) is 6.07 Å². The van der Waals surface area contributed by atoms with E-state index in [1.807, 2.05) is 34.5 Å². The summed E-state index contributed by atoms with van der Waals surface area (Å²) in [5, 5.41) is 2.01. The lowest BCUT2D eigenvalue weighted by molar-refractivity contribution is -0.131. The summed E-state index contributed by atoms with van der Waals surface area (Å²) >= 11 is 1.64. The van der Waals surface area contributed by atoms with Gasteiger partial charge in [-0.15, -0.1) is 11.3 Å². The molecule has 0 aromatic carbocycles. The van der Waals surface area contributed by atoms with E-state index in [0.29, 0.717) is 6.42 Å². The summed E-state index contributed by atoms with van der Waals surface area (Å²) in [4.78, 5) is 15.4. The molecule has 1 aliphatic heterocycles. The van der Waals surface area contributed by atoms with Gasteiger partial charge in [-0.05, 0) is 36.4 Å². The second kappa shape index (κ2) is 4.98. The van der Waals surface area contributed by atoms with Crippen molar-refractivity contribution in [3.8, 4) is 0 Å². The van der Waals surface area contributed by atoms with Crippen LogP contribution in [-0.2, 0) is 11.2 Å². The first-order chi connectivity index (χ1) is 8.84. The van der Waals surface area contributed by atoms with E-state index in [-0.39, 0.29) is 11.9 Å². The lowest BCUT2D eigenvalue weighted by atomic mass is 10.1. The van der Waals surface area contributed by atoms with E-state index in [4.69, 9.17) is 4.42 Å². The fourth-order valence-electron chi connectivity index (χ4n) is 2.51. The third-order valence-electron chi connectivity index (χ3n) is 3.35. The van der Waals surface area contributed by atoms with Gasteiger partial charge in [-0.3, -0.25) is 4.79 Å². The van der Waals surface area contributed by atoms with Crippen molar-refractivity contribution in [3.05, 3.63) is 46.5 Å². The molecule has 3 nitrogen and oxygen atoms in total. The normalized spacial score (nSPS) is 19.3. The van der Waals surface area contributed by atoms with Crippen molar-refractivity contribution in [2.45, 2.75) is 25.3 Å². The van der Waals surface area contributed by atoms with Gasteiger partial charge in [0.1, 0.15) is 5.76 Å². The van der Waals surface area contributed by atoms with Gasteiger partial charge < -0.3 is 9.32 Å². The fourth-order valence-corrected chi connectivity index (χ4v) is 3.20. The van der Waals surface area contributed by atoms with Crippen LogP contribution >= 0.6 is 11.3 Å². The first-order valence-corrected chi connectivity index (χ1v) is 7.08. The molecule has 0 unspecified atom stereocenters. The van der Waals surface area contributed by atoms with Crippen LogP contribution in [-0.4, -0.2) is 17.4 Å². The Hall–Kier alpha value is -1.55. The Labute approximate surface area is 110 Å². The van der Waals surface area contributed by atoms with Gasteiger partial charge in [0.05, 0.1) is 18.7 Å². The summed E-state index contributed by atoms with van der Waals surface area (Å²) in [6.45, 7) is 0.843. The Morgan fingerprint density at radius 2 is 2.39 bits per heavy atom. The summed E-state index contributed by atoms with van der Waals surface area (Å²) in [7, 11) is 0. The molecule has 0 spiro atoms. The van der Waals surface area contributed by atoms with Crippen molar-refractivity contribution < 1.29 is 9.21 Å². The van der Waals surface area contributed by atoms with Crippen molar-refractivity contribution in [3.63, 3.8) is 0 Å². The van der Waals surface area contributed by atoms with Crippen molar-refractivity contribution >= 4 is 17.2 Å². The Morgan fingerprint density at radius 3 is 3.11 bits per heavy atom. The van der Waals surface area contributed by atoms with E-state index >= 15 is 0 Å². The number of rotatable bonds is 3. The molecule has 3 heterocycles. The number of thiophene rings is 1. The number of hydrogen-bond acceptors (Lipinski definition) is 3. The number of likely N-dealkylation sites (tertiary alicyclic amines) is 1. The molecule has 18 heavy (non-hydrogen) atoms. The van der Waals surface area contributed by atoms with E-state index < -0.39 is 0 Å². The monoisotopic (exact) mass is 261 g/mol. The number of carbonyl (C=O) groups excluding carboxylic acids is 1. The number of hydrogen-bond donors (Lipinski definition) is 0. The van der Waals surface area contributed by atoms with Gasteiger partial charge in [-0.25, -0.2) is 0 Å². The van der Waals surface area contributed by atoms with E-state index in [0.717, 1.165) is 30.0 Å². The summed E-state index contributed by atoms with van der Waals surface area (Å²) in [6.07, 6.45) is 4.25. The first-order valence-electron chi connectivity index (χ1n) is 6.20. The predicted molar refractivity (Wildman–Crippen MR) is 70.4 cm³/mol. The average molecular weight is 261 g/mol. The maximum absolute atomic E-state index is 12.3. The van der Waals surface area contributed by atoms with Crippen LogP contribution in [0.15, 0.2) is 40.3 Å². The molecular formula is C14H15NO2S. The van der Waals surface area contributed by atoms with E-state index in [2.05, 4.69) is 0 Å². The molecule has 0 saturated carbocycles. The zero-order valence-electron chi connectivity index (χ0n) is 10.0. The van der Waals surface area contributed by atoms with Crippen LogP contribution in [0.4, 0.5) is 0 Å². The summed E-state index contributed by atoms with van der Waals surface area (Å²) in [5.74, 6) is 1.11. The van der Waals surface area contributed by atoms with Crippen molar-refractivity contribution in [1.82, 2.24) is 4.90 Å². The second-order valence-electron chi connectivity index (χ2n) is 4.52. The minimum absolute atomic E-state index is 0.132. The van der Waals surface area contributed by atoms with Gasteiger partial charge in [-0.2, -0.15) is 0 Å². The molecule has 4 heteroatoms. The lowest BCUT2D eigenvalue weighted by Crippen LogP contribution is -2.31. The molecule has 94 valence electrons. The number of furan rings is 1. The number of amides is 1. The third-order valence-corrected chi connectivity index (χ3v) is 4.23. The van der Waals surface area contributed by atoms with Crippen molar-refractivity contribution in [2.75, 3.05) is 6.54 Å². The SMILES string of the molecule is O=C(Cc1cccs1)N1CCC[C@@H]1c1ccco1. The standard InChI is InChI=1S/C14H15NO2S/c16-14(10-11-4-3-9-18-11)15-7-1-5-12(15)13-6-2-8-17-13/h2-4,6,8-9,12H,1,5,7,10H2/t12-/m1/s1. The molecule has 1 aliphatic rings. The molecule has 1 atom stereocenters. The highest BCUT2D eigenvalue weighted by Crippen LogP contribution is 2.32. The van der Waals surface area contributed by atoms with Gasteiger partial charge >= 0.3 is 0 Å². The Balaban J connectivity index is 1.73. The molecule has 0 radical (unpaired) electrons. The maximum Gasteiger partial charge on any atom is 0.228 e. The quantitative estimate of drug-likeness (QED) is 0.849. The molecule has 2 aromatic rings. The largest absolute Gasteiger partial charge is 0.467 e. The van der Waals surface area contributed by atoms with Gasteiger partial charge in [0, 0.05) is 11.4 Å². The van der Waals surface area contributed by atoms with Crippen LogP contribution in [0.3, 0.4) is 0 Å². The zero-order chi connectivity index (χ0) is 12.4. The summed E-state index contributed by atoms with van der Waals surface area (Å²) in [5.41, 5.74) is 0. The van der Waals surface area contributed by atoms with Crippen LogP contribution in [0.5, 0.6) is 0 Å². The minimum Gasteiger partial charge on any atom is -0.467 e. The molecule has 0 bridgehead atoms. The average Bonchev–Trinajstić information content (AvgIpc) is 3.11. The molecule has 1 fully saturated rings. The highest BCUT2D eigenvalue weighted by molar-refractivity contribution is 7.10. The first kappa shape index (κ1) is 11.5. The van der Waals surface area contributed by atoms with Gasteiger partial charge in [0.15, 0.2) is 0 Å². The Morgan fingerprint density at radius 1 is 1.44 bits per heavy atom. The maximum atomic E-state index is 12.3. The minimum atomic E-state index is 0.132. The molecular weight excluding hydrogens is 246 g/mol. The van der Waals surface area contributed by atoms with Crippen LogP contribution in [0.1, 0.15) is 29.5 Å². The molecule has 3 rings (SSSR count). The lowest BCUT2D eigenvalue weighted by Gasteiger charge is -2.22. The van der Waals surface area contributed by atoms with E-state index in [1.165, 1.54) is 0 Å². The van der Waals surface area contributed by atoms with Crippen molar-refractivity contribution in [2.24, 2.45) is 0 Å². The Bertz CT molecular complexity index is 504. The smallest absolute Gasteiger partial charge is 0.228 e. The molecule has 1 saturated heterocycles. The van der Waals surface area contributed by atoms with Gasteiger partial charge in [0.25, 0.3) is 0 Å².